The maximum Gasteiger partial charge on any atom is 0.0110 e. The van der Waals surface area contributed by atoms with Crippen LogP contribution in [0.2, 0.25) is 0 Å². The monoisotopic (exact) mass is 222 g/mol. The van der Waals surface area contributed by atoms with Crippen LogP contribution in [0.5, 0.6) is 0 Å². The molecule has 3 fully saturated rings. The molecule has 0 aromatic heterocycles. The molecule has 2 heteroatoms. The fraction of sp³-hybridized carbons (Fsp3) is 1.00. The van der Waals surface area contributed by atoms with Gasteiger partial charge in [-0.1, -0.05) is 12.8 Å². The van der Waals surface area contributed by atoms with Crippen molar-refractivity contribution in [1.82, 2.24) is 10.2 Å². The van der Waals surface area contributed by atoms with Crippen molar-refractivity contribution in [3.05, 3.63) is 0 Å². The Kier molecular flexibility index (Phi) is 3.21. The molecule has 1 N–H and O–H groups in total. The molecule has 3 rings (SSSR count). The van der Waals surface area contributed by atoms with Crippen LogP contribution in [-0.2, 0) is 0 Å². The predicted molar refractivity (Wildman–Crippen MR) is 67.6 cm³/mol. The standard InChI is InChI=1S/C14H26N2/c1-16-13-6-3-7-14(16)9-12(8-13)15-10-11-4-2-5-11/h11-15H,2-10H2,1H3. The van der Waals surface area contributed by atoms with Crippen LogP contribution in [-0.4, -0.2) is 36.6 Å². The molecule has 2 heterocycles. The van der Waals surface area contributed by atoms with Crippen LogP contribution in [0.15, 0.2) is 0 Å². The van der Waals surface area contributed by atoms with Gasteiger partial charge in [-0.3, -0.25) is 0 Å². The van der Waals surface area contributed by atoms with Crippen molar-refractivity contribution in [2.75, 3.05) is 13.6 Å². The zero-order valence-corrected chi connectivity index (χ0v) is 10.6. The van der Waals surface area contributed by atoms with E-state index >= 15 is 0 Å². The van der Waals surface area contributed by atoms with E-state index in [1.54, 1.807) is 0 Å². The van der Waals surface area contributed by atoms with Crippen LogP contribution in [0.4, 0.5) is 0 Å². The second-order valence-corrected chi connectivity index (χ2v) is 6.28. The van der Waals surface area contributed by atoms with Crippen molar-refractivity contribution in [2.45, 2.75) is 69.5 Å². The van der Waals surface area contributed by atoms with Crippen molar-refractivity contribution in [2.24, 2.45) is 5.92 Å². The van der Waals surface area contributed by atoms with Gasteiger partial charge in [-0.2, -0.15) is 0 Å². The third-order valence-corrected chi connectivity index (χ3v) is 5.26. The minimum atomic E-state index is 0.826. The molecule has 1 saturated carbocycles. The van der Waals surface area contributed by atoms with E-state index in [2.05, 4.69) is 17.3 Å². The van der Waals surface area contributed by atoms with E-state index in [1.807, 2.05) is 0 Å². The lowest BCUT2D eigenvalue weighted by atomic mass is 9.81. The quantitative estimate of drug-likeness (QED) is 0.789. The average Bonchev–Trinajstić information content (AvgIpc) is 2.16. The van der Waals surface area contributed by atoms with E-state index in [-0.39, 0.29) is 0 Å². The van der Waals surface area contributed by atoms with Gasteiger partial charge >= 0.3 is 0 Å². The molecular formula is C14H26N2. The van der Waals surface area contributed by atoms with Gasteiger partial charge in [0.15, 0.2) is 0 Å². The second-order valence-electron chi connectivity index (χ2n) is 6.28. The number of fused-ring (bicyclic) bond motifs is 2. The van der Waals surface area contributed by atoms with Crippen molar-refractivity contribution in [1.29, 1.82) is 0 Å². The molecule has 2 nitrogen and oxygen atoms in total. The summed E-state index contributed by atoms with van der Waals surface area (Å²) in [6.07, 6.45) is 11.6. The van der Waals surface area contributed by atoms with Crippen LogP contribution in [0, 0.1) is 5.92 Å². The highest BCUT2D eigenvalue weighted by atomic mass is 15.2. The largest absolute Gasteiger partial charge is 0.314 e. The molecule has 0 aromatic rings. The summed E-state index contributed by atoms with van der Waals surface area (Å²) in [5.74, 6) is 1.01. The third-order valence-electron chi connectivity index (χ3n) is 5.26. The van der Waals surface area contributed by atoms with Gasteiger partial charge in [-0.15, -0.1) is 0 Å². The van der Waals surface area contributed by atoms with Gasteiger partial charge in [0.1, 0.15) is 0 Å². The molecule has 0 amide bonds. The Labute approximate surface area is 99.8 Å². The molecule has 0 aromatic carbocycles. The van der Waals surface area contributed by atoms with E-state index in [0.717, 1.165) is 24.0 Å². The van der Waals surface area contributed by atoms with E-state index in [9.17, 15) is 0 Å². The first-order chi connectivity index (χ1) is 7.83. The van der Waals surface area contributed by atoms with Crippen LogP contribution < -0.4 is 5.32 Å². The van der Waals surface area contributed by atoms with Crippen LogP contribution in [0.25, 0.3) is 0 Å². The number of piperidine rings is 2. The van der Waals surface area contributed by atoms with Gasteiger partial charge in [-0.25, -0.2) is 0 Å². The lowest BCUT2D eigenvalue weighted by Crippen LogP contribution is -2.55. The van der Waals surface area contributed by atoms with Crippen molar-refractivity contribution >= 4 is 0 Å². The normalized spacial score (nSPS) is 40.7. The molecular weight excluding hydrogens is 196 g/mol. The molecule has 2 saturated heterocycles. The third kappa shape index (κ3) is 2.14. The first-order valence-electron chi connectivity index (χ1n) is 7.28. The molecule has 92 valence electrons. The van der Waals surface area contributed by atoms with Crippen molar-refractivity contribution in [3.8, 4) is 0 Å². The lowest BCUT2D eigenvalue weighted by molar-refractivity contribution is 0.0467. The SMILES string of the molecule is CN1C2CCCC1CC(NCC1CCC1)C2. The Hall–Kier alpha value is -0.0800. The van der Waals surface area contributed by atoms with Crippen molar-refractivity contribution in [3.63, 3.8) is 0 Å². The second kappa shape index (κ2) is 4.66. The first kappa shape index (κ1) is 11.0. The smallest absolute Gasteiger partial charge is 0.0110 e. The molecule has 2 atom stereocenters. The molecule has 0 radical (unpaired) electrons. The zero-order chi connectivity index (χ0) is 11.0. The lowest BCUT2D eigenvalue weighted by Gasteiger charge is -2.47. The van der Waals surface area contributed by atoms with Gasteiger partial charge < -0.3 is 10.2 Å². The molecule has 2 bridgehead atoms. The molecule has 1 aliphatic carbocycles. The summed E-state index contributed by atoms with van der Waals surface area (Å²) < 4.78 is 0. The topological polar surface area (TPSA) is 15.3 Å². The van der Waals surface area contributed by atoms with E-state index in [4.69, 9.17) is 0 Å². The fourth-order valence-corrected chi connectivity index (χ4v) is 3.81. The molecule has 2 aliphatic heterocycles. The fourth-order valence-electron chi connectivity index (χ4n) is 3.81. The highest BCUT2D eigenvalue weighted by Crippen LogP contribution is 2.33. The van der Waals surface area contributed by atoms with Crippen molar-refractivity contribution < 1.29 is 0 Å². The summed E-state index contributed by atoms with van der Waals surface area (Å²) in [7, 11) is 2.34. The average molecular weight is 222 g/mol. The zero-order valence-electron chi connectivity index (χ0n) is 10.6. The highest BCUT2D eigenvalue weighted by Gasteiger charge is 2.35. The summed E-state index contributed by atoms with van der Waals surface area (Å²) in [5.41, 5.74) is 0. The first-order valence-corrected chi connectivity index (χ1v) is 7.28. The highest BCUT2D eigenvalue weighted by molar-refractivity contribution is 4.93. The van der Waals surface area contributed by atoms with Crippen LogP contribution in [0.1, 0.15) is 51.4 Å². The number of rotatable bonds is 3. The number of hydrogen-bond donors (Lipinski definition) is 1. The predicted octanol–water partition coefficient (Wildman–Crippen LogP) is 2.39. The van der Waals surface area contributed by atoms with E-state index in [0.29, 0.717) is 0 Å². The Bertz CT molecular complexity index is 223. The van der Waals surface area contributed by atoms with Gasteiger partial charge in [0, 0.05) is 18.1 Å². The Morgan fingerprint density at radius 3 is 2.19 bits per heavy atom. The molecule has 16 heavy (non-hydrogen) atoms. The van der Waals surface area contributed by atoms with Crippen LogP contribution >= 0.6 is 0 Å². The number of nitrogens with one attached hydrogen (secondary N) is 1. The van der Waals surface area contributed by atoms with Gasteiger partial charge in [-0.05, 0) is 58.0 Å². The Balaban J connectivity index is 1.49. The van der Waals surface area contributed by atoms with E-state index < -0.39 is 0 Å². The minimum absolute atomic E-state index is 0.826. The molecule has 2 unspecified atom stereocenters. The minimum Gasteiger partial charge on any atom is -0.314 e. The molecule has 0 spiro atoms. The number of hydrogen-bond acceptors (Lipinski definition) is 2. The summed E-state index contributed by atoms with van der Waals surface area (Å²) in [5, 5.41) is 3.85. The van der Waals surface area contributed by atoms with Gasteiger partial charge in [0.05, 0.1) is 0 Å². The van der Waals surface area contributed by atoms with Crippen LogP contribution in [0.3, 0.4) is 0 Å². The summed E-state index contributed by atoms with van der Waals surface area (Å²) in [6.45, 7) is 1.30. The summed E-state index contributed by atoms with van der Waals surface area (Å²) in [6, 6.07) is 2.59. The summed E-state index contributed by atoms with van der Waals surface area (Å²) in [4.78, 5) is 2.66. The molecule has 3 aliphatic rings. The Morgan fingerprint density at radius 1 is 1.00 bits per heavy atom. The summed E-state index contributed by atoms with van der Waals surface area (Å²) >= 11 is 0. The number of nitrogens with zero attached hydrogens (tertiary/aromatic N) is 1. The maximum absolute atomic E-state index is 3.85. The maximum atomic E-state index is 3.85. The van der Waals surface area contributed by atoms with Gasteiger partial charge in [0.25, 0.3) is 0 Å². The van der Waals surface area contributed by atoms with Gasteiger partial charge in [0.2, 0.25) is 0 Å². The van der Waals surface area contributed by atoms with E-state index in [1.165, 1.54) is 57.9 Å². The Morgan fingerprint density at radius 2 is 1.62 bits per heavy atom.